The van der Waals surface area contributed by atoms with Crippen LogP contribution in [0.1, 0.15) is 75.6 Å². The maximum Gasteiger partial charge on any atom is 0.252 e. The number of likely N-dealkylation sites (N-methyl/N-ethyl adjacent to an activating group) is 1. The van der Waals surface area contributed by atoms with Gasteiger partial charge in [0.05, 0.1) is 22.2 Å². The number of aromatic nitrogens is 3. The molecular weight excluding hydrogens is 388 g/mol. The third kappa shape index (κ3) is 5.44. The summed E-state index contributed by atoms with van der Waals surface area (Å²) in [4.78, 5) is 23.0. The van der Waals surface area contributed by atoms with Gasteiger partial charge in [-0.05, 0) is 59.2 Å². The van der Waals surface area contributed by atoms with Gasteiger partial charge in [0.15, 0.2) is 5.65 Å². The lowest BCUT2D eigenvalue weighted by Gasteiger charge is -2.33. The molecule has 7 heteroatoms. The monoisotopic (exact) mass is 428 g/mol. The van der Waals surface area contributed by atoms with Crippen LogP contribution in [-0.4, -0.2) is 76.3 Å². The summed E-state index contributed by atoms with van der Waals surface area (Å²) >= 11 is 0. The molecule has 1 fully saturated rings. The first kappa shape index (κ1) is 23.7. The predicted molar refractivity (Wildman–Crippen MR) is 127 cm³/mol. The van der Waals surface area contributed by atoms with Crippen molar-refractivity contribution in [1.29, 1.82) is 0 Å². The zero-order valence-electron chi connectivity index (χ0n) is 20.5. The topological polar surface area (TPSA) is 66.3 Å². The molecule has 0 radical (unpaired) electrons. The van der Waals surface area contributed by atoms with Crippen LogP contribution >= 0.6 is 0 Å². The Morgan fingerprint density at radius 3 is 2.39 bits per heavy atom. The van der Waals surface area contributed by atoms with E-state index in [9.17, 15) is 4.79 Å². The second-order valence-electron chi connectivity index (χ2n) is 10.0. The number of nitrogens with zero attached hydrogens (tertiary/aromatic N) is 5. The number of aryl methyl sites for hydroxylation is 1. The fourth-order valence-corrected chi connectivity index (χ4v) is 4.18. The summed E-state index contributed by atoms with van der Waals surface area (Å²) in [7, 11) is 0. The third-order valence-corrected chi connectivity index (χ3v) is 6.15. The SMILES string of the molecule is CCN1CCN(CCCNC(=O)c2cc(C(C)C)nc3c2c(C)nn3C(C)(C)C)CC1. The lowest BCUT2D eigenvalue weighted by atomic mass is 10.0. The molecule has 31 heavy (non-hydrogen) atoms. The molecule has 3 rings (SSSR count). The van der Waals surface area contributed by atoms with Crippen molar-refractivity contribution in [2.45, 2.75) is 66.3 Å². The second-order valence-corrected chi connectivity index (χ2v) is 10.0. The highest BCUT2D eigenvalue weighted by Crippen LogP contribution is 2.28. The Bertz CT molecular complexity index is 903. The number of amides is 1. The molecular formula is C24H40N6O. The molecule has 0 saturated carbocycles. The Labute approximate surface area is 187 Å². The summed E-state index contributed by atoms with van der Waals surface area (Å²) in [6.07, 6.45) is 0.962. The van der Waals surface area contributed by atoms with Gasteiger partial charge in [-0.25, -0.2) is 9.67 Å². The maximum atomic E-state index is 13.2. The zero-order valence-corrected chi connectivity index (χ0v) is 20.5. The summed E-state index contributed by atoms with van der Waals surface area (Å²) in [6, 6.07) is 1.95. The Morgan fingerprint density at radius 2 is 1.81 bits per heavy atom. The van der Waals surface area contributed by atoms with Gasteiger partial charge in [0, 0.05) is 38.4 Å². The summed E-state index contributed by atoms with van der Waals surface area (Å²) in [6.45, 7) is 22.1. The van der Waals surface area contributed by atoms with E-state index in [2.05, 4.69) is 56.7 Å². The summed E-state index contributed by atoms with van der Waals surface area (Å²) < 4.78 is 1.95. The van der Waals surface area contributed by atoms with Gasteiger partial charge >= 0.3 is 0 Å². The van der Waals surface area contributed by atoms with E-state index in [4.69, 9.17) is 10.1 Å². The van der Waals surface area contributed by atoms with E-state index in [-0.39, 0.29) is 17.4 Å². The molecule has 1 aliphatic heterocycles. The molecule has 0 spiro atoms. The van der Waals surface area contributed by atoms with E-state index in [0.717, 1.165) is 68.1 Å². The smallest absolute Gasteiger partial charge is 0.252 e. The van der Waals surface area contributed by atoms with Crippen LogP contribution in [0.2, 0.25) is 0 Å². The Morgan fingerprint density at radius 1 is 1.16 bits per heavy atom. The van der Waals surface area contributed by atoms with E-state index in [1.807, 2.05) is 17.7 Å². The van der Waals surface area contributed by atoms with Crippen molar-refractivity contribution in [2.24, 2.45) is 0 Å². The molecule has 1 aliphatic rings. The molecule has 7 nitrogen and oxygen atoms in total. The highest BCUT2D eigenvalue weighted by Gasteiger charge is 2.25. The maximum absolute atomic E-state index is 13.2. The molecule has 0 bridgehead atoms. The minimum atomic E-state index is -0.204. The van der Waals surface area contributed by atoms with E-state index >= 15 is 0 Å². The van der Waals surface area contributed by atoms with Crippen molar-refractivity contribution in [2.75, 3.05) is 45.8 Å². The van der Waals surface area contributed by atoms with Crippen LogP contribution in [0.4, 0.5) is 0 Å². The highest BCUT2D eigenvalue weighted by molar-refractivity contribution is 6.06. The normalized spacial score (nSPS) is 16.4. The van der Waals surface area contributed by atoms with Gasteiger partial charge in [-0.1, -0.05) is 20.8 Å². The number of hydrogen-bond acceptors (Lipinski definition) is 5. The van der Waals surface area contributed by atoms with E-state index < -0.39 is 0 Å². The first-order valence-electron chi connectivity index (χ1n) is 11.8. The van der Waals surface area contributed by atoms with Gasteiger partial charge < -0.3 is 15.1 Å². The van der Waals surface area contributed by atoms with Gasteiger partial charge in [-0.15, -0.1) is 0 Å². The summed E-state index contributed by atoms with van der Waals surface area (Å²) in [5, 5.41) is 8.76. The fraction of sp³-hybridized carbons (Fsp3) is 0.708. The van der Waals surface area contributed by atoms with E-state index in [1.165, 1.54) is 0 Å². The highest BCUT2D eigenvalue weighted by atomic mass is 16.1. The Kier molecular flexibility index (Phi) is 7.37. The zero-order chi connectivity index (χ0) is 22.8. The molecule has 1 amide bonds. The molecule has 2 aromatic rings. The van der Waals surface area contributed by atoms with Crippen LogP contribution in [-0.2, 0) is 5.54 Å². The molecule has 172 valence electrons. The lowest BCUT2D eigenvalue weighted by molar-refractivity contribution is 0.0949. The molecule has 0 aromatic carbocycles. The minimum absolute atomic E-state index is 0.0262. The predicted octanol–water partition coefficient (Wildman–Crippen LogP) is 3.38. The van der Waals surface area contributed by atoms with Crippen LogP contribution in [0, 0.1) is 6.92 Å². The van der Waals surface area contributed by atoms with Gasteiger partial charge in [0.25, 0.3) is 5.91 Å². The largest absolute Gasteiger partial charge is 0.352 e. The van der Waals surface area contributed by atoms with Crippen molar-refractivity contribution in [3.05, 3.63) is 23.0 Å². The molecule has 0 unspecified atom stereocenters. The standard InChI is InChI=1S/C24H40N6O/c1-8-28-12-14-29(15-13-28)11-9-10-25-23(31)19-16-20(17(2)3)26-22-21(19)18(4)27-30(22)24(5,6)7/h16-17H,8-15H2,1-7H3,(H,25,31). The van der Waals surface area contributed by atoms with Gasteiger partial charge in [0.1, 0.15) is 0 Å². The van der Waals surface area contributed by atoms with E-state index in [0.29, 0.717) is 12.1 Å². The van der Waals surface area contributed by atoms with Crippen molar-refractivity contribution in [1.82, 2.24) is 29.9 Å². The molecule has 2 aromatic heterocycles. The number of nitrogens with one attached hydrogen (secondary N) is 1. The van der Waals surface area contributed by atoms with Crippen molar-refractivity contribution in [3.8, 4) is 0 Å². The first-order valence-corrected chi connectivity index (χ1v) is 11.8. The Hall–Kier alpha value is -1.99. The average Bonchev–Trinajstić information content (AvgIpc) is 3.08. The van der Waals surface area contributed by atoms with Crippen LogP contribution in [0.25, 0.3) is 11.0 Å². The van der Waals surface area contributed by atoms with Crippen LogP contribution in [0.5, 0.6) is 0 Å². The second kappa shape index (κ2) is 9.65. The van der Waals surface area contributed by atoms with Crippen LogP contribution in [0.15, 0.2) is 6.07 Å². The van der Waals surface area contributed by atoms with Crippen molar-refractivity contribution >= 4 is 16.9 Å². The van der Waals surface area contributed by atoms with E-state index in [1.54, 1.807) is 0 Å². The van der Waals surface area contributed by atoms with Crippen molar-refractivity contribution < 1.29 is 4.79 Å². The Balaban J connectivity index is 1.72. The average molecular weight is 429 g/mol. The van der Waals surface area contributed by atoms with Crippen molar-refractivity contribution in [3.63, 3.8) is 0 Å². The molecule has 0 atom stereocenters. The molecule has 3 heterocycles. The minimum Gasteiger partial charge on any atom is -0.352 e. The summed E-state index contributed by atoms with van der Waals surface area (Å²) in [5.74, 6) is 0.211. The lowest BCUT2D eigenvalue weighted by Crippen LogP contribution is -2.46. The molecule has 0 aliphatic carbocycles. The number of hydrogen-bond donors (Lipinski definition) is 1. The number of pyridine rings is 1. The quantitative estimate of drug-likeness (QED) is 0.685. The number of rotatable bonds is 7. The van der Waals surface area contributed by atoms with Gasteiger partial charge in [-0.2, -0.15) is 5.10 Å². The number of fused-ring (bicyclic) bond motifs is 1. The van der Waals surface area contributed by atoms with Crippen LogP contribution < -0.4 is 5.32 Å². The number of carbonyl (C=O) groups excluding carboxylic acids is 1. The summed E-state index contributed by atoms with van der Waals surface area (Å²) in [5.41, 5.74) is 3.07. The molecule has 1 saturated heterocycles. The fourth-order valence-electron chi connectivity index (χ4n) is 4.18. The first-order chi connectivity index (χ1) is 14.6. The number of carbonyl (C=O) groups is 1. The van der Waals surface area contributed by atoms with Gasteiger partial charge in [-0.3, -0.25) is 4.79 Å². The number of piperazine rings is 1. The molecule has 1 N–H and O–H groups in total. The van der Waals surface area contributed by atoms with Crippen LogP contribution in [0.3, 0.4) is 0 Å². The third-order valence-electron chi connectivity index (χ3n) is 6.15. The van der Waals surface area contributed by atoms with Gasteiger partial charge in [0.2, 0.25) is 0 Å².